The van der Waals surface area contributed by atoms with E-state index in [9.17, 15) is 9.18 Å². The zero-order valence-corrected chi connectivity index (χ0v) is 14.1. The summed E-state index contributed by atoms with van der Waals surface area (Å²) in [5.74, 6) is -0.757. The van der Waals surface area contributed by atoms with Crippen LogP contribution in [0.5, 0.6) is 0 Å². The molecular weight excluding hydrogens is 343 g/mol. The predicted octanol–water partition coefficient (Wildman–Crippen LogP) is 3.56. The molecule has 0 saturated carbocycles. The molecule has 7 heteroatoms. The highest BCUT2D eigenvalue weighted by Gasteiger charge is 2.16. The van der Waals surface area contributed by atoms with Gasteiger partial charge in [0.2, 0.25) is 5.91 Å². The molecule has 0 aliphatic heterocycles. The molecule has 0 aliphatic rings. The van der Waals surface area contributed by atoms with Crippen LogP contribution in [0.1, 0.15) is 18.3 Å². The minimum atomic E-state index is -0.603. The Morgan fingerprint density at radius 1 is 1.44 bits per heavy atom. The molecule has 1 unspecified atom stereocenters. The van der Waals surface area contributed by atoms with E-state index in [1.807, 2.05) is 0 Å². The van der Waals surface area contributed by atoms with Gasteiger partial charge in [0.15, 0.2) is 0 Å². The summed E-state index contributed by atoms with van der Waals surface area (Å²) in [7, 11) is 0. The summed E-state index contributed by atoms with van der Waals surface area (Å²) in [6, 6.07) is 9.65. The van der Waals surface area contributed by atoms with Crippen molar-refractivity contribution >= 4 is 28.5 Å². The van der Waals surface area contributed by atoms with Gasteiger partial charge in [-0.25, -0.2) is 9.37 Å². The van der Waals surface area contributed by atoms with Gasteiger partial charge in [-0.1, -0.05) is 30.7 Å². The lowest BCUT2D eigenvalue weighted by atomic mass is 10.0. The van der Waals surface area contributed by atoms with Crippen LogP contribution in [0.3, 0.4) is 0 Å². The van der Waals surface area contributed by atoms with Crippen LogP contribution >= 0.6 is 11.6 Å². The van der Waals surface area contributed by atoms with Crippen LogP contribution in [0.2, 0.25) is 5.02 Å². The first kappa shape index (κ1) is 16.9. The fraction of sp³-hybridized carbons (Fsp3) is 0.167. The van der Waals surface area contributed by atoms with Gasteiger partial charge in [-0.3, -0.25) is 4.79 Å². The van der Waals surface area contributed by atoms with Gasteiger partial charge in [0.25, 0.3) is 0 Å². The first-order valence-corrected chi connectivity index (χ1v) is 7.95. The number of nitriles is 1. The second-order valence-electron chi connectivity index (χ2n) is 5.82. The van der Waals surface area contributed by atoms with Gasteiger partial charge >= 0.3 is 0 Å². The molecule has 3 aromatic rings. The molecule has 25 heavy (non-hydrogen) atoms. The largest absolute Gasteiger partial charge is 0.369 e. The van der Waals surface area contributed by atoms with E-state index in [4.69, 9.17) is 22.6 Å². The third-order valence-corrected chi connectivity index (χ3v) is 4.41. The zero-order valence-electron chi connectivity index (χ0n) is 13.3. The number of nitrogens with zero attached hydrogens (tertiary/aromatic N) is 2. The van der Waals surface area contributed by atoms with Gasteiger partial charge in [-0.05, 0) is 23.8 Å². The van der Waals surface area contributed by atoms with E-state index in [1.54, 1.807) is 31.2 Å². The molecule has 5 nitrogen and oxygen atoms in total. The van der Waals surface area contributed by atoms with Crippen molar-refractivity contribution in [3.05, 3.63) is 52.6 Å². The molecule has 0 fully saturated rings. The number of nitrogens with two attached hydrogens (primary N) is 1. The van der Waals surface area contributed by atoms with Crippen LogP contribution in [0.4, 0.5) is 4.39 Å². The molecule has 2 aromatic carbocycles. The molecule has 0 radical (unpaired) electrons. The minimum Gasteiger partial charge on any atom is -0.369 e. The smallest absolute Gasteiger partial charge is 0.220 e. The molecule has 3 N–H and O–H groups in total. The summed E-state index contributed by atoms with van der Waals surface area (Å²) in [4.78, 5) is 18.8. The number of aromatic nitrogens is 2. The summed E-state index contributed by atoms with van der Waals surface area (Å²) in [5.41, 5.74) is 7.67. The number of amides is 1. The van der Waals surface area contributed by atoms with Crippen molar-refractivity contribution in [2.75, 3.05) is 0 Å². The van der Waals surface area contributed by atoms with Gasteiger partial charge < -0.3 is 10.7 Å². The maximum atomic E-state index is 13.9. The number of carbonyl (C=O) groups excluding carboxylic acids is 1. The third kappa shape index (κ3) is 3.19. The maximum Gasteiger partial charge on any atom is 0.220 e. The first-order chi connectivity index (χ1) is 11.9. The molecular formula is C18H14ClFN4O. The van der Waals surface area contributed by atoms with Crippen molar-refractivity contribution < 1.29 is 9.18 Å². The number of imidazole rings is 1. The lowest BCUT2D eigenvalue weighted by Gasteiger charge is -2.06. The highest BCUT2D eigenvalue weighted by molar-refractivity contribution is 6.37. The SMILES string of the molecule is CC(Cc1nc2c(Cl)c(-c3ccc(C#N)c(F)c3)ccc2[nH]1)C(N)=O. The minimum absolute atomic E-state index is 0.0246. The van der Waals surface area contributed by atoms with Crippen LogP contribution in [0.25, 0.3) is 22.2 Å². The highest BCUT2D eigenvalue weighted by atomic mass is 35.5. The van der Waals surface area contributed by atoms with E-state index >= 15 is 0 Å². The molecule has 1 atom stereocenters. The Hall–Kier alpha value is -2.91. The van der Waals surface area contributed by atoms with Crippen molar-refractivity contribution in [2.45, 2.75) is 13.3 Å². The van der Waals surface area contributed by atoms with Crippen molar-refractivity contribution in [2.24, 2.45) is 11.7 Å². The van der Waals surface area contributed by atoms with Crippen molar-refractivity contribution in [1.82, 2.24) is 9.97 Å². The molecule has 0 bridgehead atoms. The summed E-state index contributed by atoms with van der Waals surface area (Å²) in [6.45, 7) is 1.72. The molecule has 1 amide bonds. The number of hydrogen-bond donors (Lipinski definition) is 2. The molecule has 0 aliphatic carbocycles. The fourth-order valence-electron chi connectivity index (χ4n) is 2.58. The fourth-order valence-corrected chi connectivity index (χ4v) is 2.89. The second kappa shape index (κ2) is 6.54. The topological polar surface area (TPSA) is 95.6 Å². The van der Waals surface area contributed by atoms with Gasteiger partial charge in [-0.15, -0.1) is 0 Å². The Bertz CT molecular complexity index is 1020. The Labute approximate surface area is 148 Å². The molecule has 126 valence electrons. The maximum absolute atomic E-state index is 13.9. The monoisotopic (exact) mass is 356 g/mol. The van der Waals surface area contributed by atoms with Crippen molar-refractivity contribution in [3.63, 3.8) is 0 Å². The highest BCUT2D eigenvalue weighted by Crippen LogP contribution is 2.34. The van der Waals surface area contributed by atoms with Gasteiger partial charge in [0, 0.05) is 17.9 Å². The average molecular weight is 357 g/mol. The van der Waals surface area contributed by atoms with E-state index in [-0.39, 0.29) is 11.5 Å². The van der Waals surface area contributed by atoms with Crippen LogP contribution in [-0.2, 0) is 11.2 Å². The number of primary amides is 1. The van der Waals surface area contributed by atoms with E-state index in [1.165, 1.54) is 12.1 Å². The first-order valence-electron chi connectivity index (χ1n) is 7.57. The number of benzene rings is 2. The number of hydrogen-bond acceptors (Lipinski definition) is 3. The number of fused-ring (bicyclic) bond motifs is 1. The second-order valence-corrected chi connectivity index (χ2v) is 6.20. The Morgan fingerprint density at radius 2 is 2.20 bits per heavy atom. The lowest BCUT2D eigenvalue weighted by molar-refractivity contribution is -0.121. The van der Waals surface area contributed by atoms with E-state index in [0.717, 1.165) is 5.52 Å². The van der Waals surface area contributed by atoms with E-state index < -0.39 is 11.7 Å². The Kier molecular flexibility index (Phi) is 4.43. The van der Waals surface area contributed by atoms with Crippen molar-refractivity contribution in [1.29, 1.82) is 5.26 Å². The van der Waals surface area contributed by atoms with Gasteiger partial charge in [0.05, 0.1) is 16.1 Å². The summed E-state index contributed by atoms with van der Waals surface area (Å²) in [6.07, 6.45) is 0.376. The van der Waals surface area contributed by atoms with Crippen molar-refractivity contribution in [3.8, 4) is 17.2 Å². The zero-order chi connectivity index (χ0) is 18.1. The summed E-state index contributed by atoms with van der Waals surface area (Å²) >= 11 is 6.45. The van der Waals surface area contributed by atoms with Crippen LogP contribution < -0.4 is 5.73 Å². The quantitative estimate of drug-likeness (QED) is 0.748. The predicted molar refractivity (Wildman–Crippen MR) is 93.3 cm³/mol. The Morgan fingerprint density at radius 3 is 2.84 bits per heavy atom. The van der Waals surface area contributed by atoms with E-state index in [2.05, 4.69) is 9.97 Å². The van der Waals surface area contributed by atoms with Crippen LogP contribution in [-0.4, -0.2) is 15.9 Å². The average Bonchev–Trinajstić information content (AvgIpc) is 2.98. The van der Waals surface area contributed by atoms with Crippen LogP contribution in [0, 0.1) is 23.1 Å². The Balaban J connectivity index is 2.04. The number of rotatable bonds is 4. The summed E-state index contributed by atoms with van der Waals surface area (Å²) < 4.78 is 13.9. The molecule has 0 spiro atoms. The standard InChI is InChI=1S/C18H14ClFN4O/c1-9(18(22)25)6-15-23-14-5-4-12(16(19)17(14)24-15)10-2-3-11(8-21)13(20)7-10/h2-5,7,9H,6H2,1H3,(H2,22,25)(H,23,24). The molecule has 3 rings (SSSR count). The molecule has 1 heterocycles. The number of carbonyl (C=O) groups is 1. The number of H-pyrrole nitrogens is 1. The van der Waals surface area contributed by atoms with E-state index in [0.29, 0.717) is 33.9 Å². The van der Waals surface area contributed by atoms with Crippen LogP contribution in [0.15, 0.2) is 30.3 Å². The lowest BCUT2D eigenvalue weighted by Crippen LogP contribution is -2.22. The number of nitrogens with one attached hydrogen (secondary N) is 1. The number of aromatic amines is 1. The molecule has 1 aromatic heterocycles. The van der Waals surface area contributed by atoms with Gasteiger partial charge in [0.1, 0.15) is 23.2 Å². The summed E-state index contributed by atoms with van der Waals surface area (Å²) in [5, 5.41) is 9.20. The van der Waals surface area contributed by atoms with Gasteiger partial charge in [-0.2, -0.15) is 5.26 Å². The number of halogens is 2. The third-order valence-electron chi connectivity index (χ3n) is 4.03. The molecule has 0 saturated heterocycles. The normalized spacial score (nSPS) is 12.1.